The van der Waals surface area contributed by atoms with Gasteiger partial charge in [-0.3, -0.25) is 4.79 Å². The fraction of sp³-hybridized carbons (Fsp3) is 0.421. The molecule has 0 atom stereocenters. The molecule has 0 saturated heterocycles. The number of ether oxygens (including phenoxy) is 2. The van der Waals surface area contributed by atoms with Crippen LogP contribution in [-0.4, -0.2) is 26.7 Å². The first-order valence-electron chi connectivity index (χ1n) is 8.21. The topological polar surface area (TPSA) is 47.6 Å². The van der Waals surface area contributed by atoms with E-state index in [2.05, 4.69) is 22.1 Å². The van der Waals surface area contributed by atoms with Crippen molar-refractivity contribution in [2.45, 2.75) is 31.1 Å². The molecule has 0 unspecified atom stereocenters. The molecule has 5 heteroatoms. The molecule has 2 aromatic rings. The Morgan fingerprint density at radius 3 is 2.38 bits per heavy atom. The van der Waals surface area contributed by atoms with E-state index in [9.17, 15) is 4.79 Å². The molecule has 24 heavy (non-hydrogen) atoms. The maximum atomic E-state index is 12.6. The first-order chi connectivity index (χ1) is 11.7. The van der Waals surface area contributed by atoms with E-state index < -0.39 is 0 Å². The zero-order valence-electron chi connectivity index (χ0n) is 14.1. The highest BCUT2D eigenvalue weighted by Crippen LogP contribution is 2.41. The van der Waals surface area contributed by atoms with Crippen molar-refractivity contribution < 1.29 is 14.3 Å². The monoisotopic (exact) mass is 345 g/mol. The van der Waals surface area contributed by atoms with Crippen LogP contribution in [0.25, 0.3) is 0 Å². The van der Waals surface area contributed by atoms with Crippen LogP contribution in [0.3, 0.4) is 0 Å². The summed E-state index contributed by atoms with van der Waals surface area (Å²) in [7, 11) is 3.17. The lowest BCUT2D eigenvalue weighted by Crippen LogP contribution is -2.38. The molecule has 0 spiro atoms. The molecule has 1 aliphatic carbocycles. The fourth-order valence-electron chi connectivity index (χ4n) is 3.48. The van der Waals surface area contributed by atoms with Crippen molar-refractivity contribution in [3.05, 3.63) is 46.2 Å². The maximum Gasteiger partial charge on any atom is 0.251 e. The SMILES string of the molecule is COc1cc(OC)cc(C(=O)NCC2(c3ccsc3)CCCC2)c1. The summed E-state index contributed by atoms with van der Waals surface area (Å²) >= 11 is 1.72. The van der Waals surface area contributed by atoms with Crippen molar-refractivity contribution in [1.29, 1.82) is 0 Å². The summed E-state index contributed by atoms with van der Waals surface area (Å²) in [5, 5.41) is 7.46. The van der Waals surface area contributed by atoms with Gasteiger partial charge in [0, 0.05) is 23.6 Å². The number of rotatable bonds is 6. The average Bonchev–Trinajstić information content (AvgIpc) is 3.31. The van der Waals surface area contributed by atoms with Crippen LogP contribution in [0.5, 0.6) is 11.5 Å². The highest BCUT2D eigenvalue weighted by molar-refractivity contribution is 7.08. The minimum absolute atomic E-state index is 0.0820. The molecule has 0 radical (unpaired) electrons. The van der Waals surface area contributed by atoms with E-state index in [1.54, 1.807) is 43.8 Å². The largest absolute Gasteiger partial charge is 0.497 e. The third kappa shape index (κ3) is 3.41. The number of nitrogens with one attached hydrogen (secondary N) is 1. The van der Waals surface area contributed by atoms with Crippen LogP contribution in [0, 0.1) is 0 Å². The van der Waals surface area contributed by atoms with Crippen LogP contribution in [0.2, 0.25) is 0 Å². The van der Waals surface area contributed by atoms with Gasteiger partial charge in [0.25, 0.3) is 5.91 Å². The molecule has 128 valence electrons. The third-order valence-electron chi connectivity index (χ3n) is 4.90. The lowest BCUT2D eigenvalue weighted by Gasteiger charge is -2.28. The predicted molar refractivity (Wildman–Crippen MR) is 96.3 cm³/mol. The lowest BCUT2D eigenvalue weighted by molar-refractivity contribution is 0.0942. The van der Waals surface area contributed by atoms with E-state index in [1.807, 2.05) is 0 Å². The third-order valence-corrected chi connectivity index (χ3v) is 5.58. The molecule has 1 fully saturated rings. The predicted octanol–water partition coefficient (Wildman–Crippen LogP) is 4.01. The van der Waals surface area contributed by atoms with Gasteiger partial charge in [0.15, 0.2) is 0 Å². The summed E-state index contributed by atoms with van der Waals surface area (Å²) in [5.74, 6) is 1.15. The molecule has 3 rings (SSSR count). The van der Waals surface area contributed by atoms with Crippen molar-refractivity contribution in [3.63, 3.8) is 0 Å². The number of hydrogen-bond donors (Lipinski definition) is 1. The van der Waals surface area contributed by atoms with Crippen LogP contribution in [0.1, 0.15) is 41.6 Å². The molecule has 1 N–H and O–H groups in total. The van der Waals surface area contributed by atoms with Gasteiger partial charge < -0.3 is 14.8 Å². The fourth-order valence-corrected chi connectivity index (χ4v) is 4.25. The first kappa shape index (κ1) is 16.8. The van der Waals surface area contributed by atoms with E-state index >= 15 is 0 Å². The Morgan fingerprint density at radius 1 is 1.17 bits per heavy atom. The summed E-state index contributed by atoms with van der Waals surface area (Å²) in [5.41, 5.74) is 2.00. The minimum atomic E-state index is -0.0892. The van der Waals surface area contributed by atoms with Crippen molar-refractivity contribution in [2.24, 2.45) is 0 Å². The zero-order chi connectivity index (χ0) is 17.0. The molecule has 1 aromatic carbocycles. The number of hydrogen-bond acceptors (Lipinski definition) is 4. The van der Waals surface area contributed by atoms with Crippen LogP contribution in [-0.2, 0) is 5.41 Å². The normalized spacial score (nSPS) is 15.9. The number of carbonyl (C=O) groups excluding carboxylic acids is 1. The Morgan fingerprint density at radius 2 is 1.83 bits per heavy atom. The van der Waals surface area contributed by atoms with Crippen LogP contribution in [0.15, 0.2) is 35.0 Å². The van der Waals surface area contributed by atoms with E-state index in [4.69, 9.17) is 9.47 Å². The number of amides is 1. The van der Waals surface area contributed by atoms with E-state index in [0.717, 1.165) is 12.8 Å². The van der Waals surface area contributed by atoms with Gasteiger partial charge in [-0.25, -0.2) is 0 Å². The van der Waals surface area contributed by atoms with Crippen molar-refractivity contribution >= 4 is 17.2 Å². The van der Waals surface area contributed by atoms with Gasteiger partial charge in [0.05, 0.1) is 14.2 Å². The first-order valence-corrected chi connectivity index (χ1v) is 9.15. The van der Waals surface area contributed by atoms with Crippen LogP contribution >= 0.6 is 11.3 Å². The molecule has 0 aliphatic heterocycles. The Bertz CT molecular complexity index is 668. The molecule has 1 aliphatic rings. The number of thiophene rings is 1. The molecule has 0 bridgehead atoms. The van der Waals surface area contributed by atoms with E-state index in [0.29, 0.717) is 23.6 Å². The van der Waals surface area contributed by atoms with Gasteiger partial charge in [-0.15, -0.1) is 0 Å². The highest BCUT2D eigenvalue weighted by Gasteiger charge is 2.36. The van der Waals surface area contributed by atoms with Gasteiger partial charge in [0.1, 0.15) is 11.5 Å². The van der Waals surface area contributed by atoms with Crippen LogP contribution < -0.4 is 14.8 Å². The van der Waals surface area contributed by atoms with Crippen molar-refractivity contribution in [3.8, 4) is 11.5 Å². The second kappa shape index (κ2) is 7.26. The summed E-state index contributed by atoms with van der Waals surface area (Å²) in [6, 6.07) is 7.44. The molecule has 1 aromatic heterocycles. The van der Waals surface area contributed by atoms with Crippen molar-refractivity contribution in [2.75, 3.05) is 20.8 Å². The molecule has 1 heterocycles. The Labute approximate surface area is 146 Å². The standard InChI is InChI=1S/C19H23NO3S/c1-22-16-9-14(10-17(11-16)23-2)18(21)20-13-19(6-3-4-7-19)15-5-8-24-12-15/h5,8-12H,3-4,6-7,13H2,1-2H3,(H,20,21). The zero-order valence-corrected chi connectivity index (χ0v) is 14.9. The quantitative estimate of drug-likeness (QED) is 0.860. The second-order valence-corrected chi connectivity index (χ2v) is 7.06. The maximum absolute atomic E-state index is 12.6. The molecule has 1 amide bonds. The molecular formula is C19H23NO3S. The minimum Gasteiger partial charge on any atom is -0.497 e. The number of benzene rings is 1. The Hall–Kier alpha value is -2.01. The average molecular weight is 345 g/mol. The highest BCUT2D eigenvalue weighted by atomic mass is 32.1. The van der Waals surface area contributed by atoms with Gasteiger partial charge >= 0.3 is 0 Å². The summed E-state index contributed by atoms with van der Waals surface area (Å²) in [6.07, 6.45) is 4.70. The molecule has 1 saturated carbocycles. The summed E-state index contributed by atoms with van der Waals surface area (Å²) in [6.45, 7) is 0.669. The Balaban J connectivity index is 1.75. The van der Waals surface area contributed by atoms with Crippen molar-refractivity contribution in [1.82, 2.24) is 5.32 Å². The summed E-state index contributed by atoms with van der Waals surface area (Å²) < 4.78 is 10.5. The summed E-state index contributed by atoms with van der Waals surface area (Å²) in [4.78, 5) is 12.6. The second-order valence-electron chi connectivity index (χ2n) is 6.28. The van der Waals surface area contributed by atoms with E-state index in [-0.39, 0.29) is 11.3 Å². The van der Waals surface area contributed by atoms with Gasteiger partial charge in [-0.05, 0) is 47.4 Å². The molecular weight excluding hydrogens is 322 g/mol. The molecule has 4 nitrogen and oxygen atoms in total. The van der Waals surface area contributed by atoms with Crippen LogP contribution in [0.4, 0.5) is 0 Å². The Kier molecular flexibility index (Phi) is 5.09. The smallest absolute Gasteiger partial charge is 0.251 e. The van der Waals surface area contributed by atoms with Gasteiger partial charge in [-0.1, -0.05) is 12.8 Å². The number of methoxy groups -OCH3 is 2. The lowest BCUT2D eigenvalue weighted by atomic mass is 9.80. The van der Waals surface area contributed by atoms with Gasteiger partial charge in [-0.2, -0.15) is 11.3 Å². The van der Waals surface area contributed by atoms with E-state index in [1.165, 1.54) is 18.4 Å². The van der Waals surface area contributed by atoms with Gasteiger partial charge in [0.2, 0.25) is 0 Å². The number of carbonyl (C=O) groups is 1.